The molecule has 1 aromatic carbocycles. The molecule has 1 aliphatic heterocycles. The minimum absolute atomic E-state index is 0.135. The second-order valence-electron chi connectivity index (χ2n) is 5.55. The third-order valence-corrected chi connectivity index (χ3v) is 3.79. The SMILES string of the molecule is C/C(=C\c1ccc(F)cc1)C(=O)N(CC(=O)O)C1CCOCC1. The van der Waals surface area contributed by atoms with E-state index in [1.807, 2.05) is 0 Å². The van der Waals surface area contributed by atoms with Gasteiger partial charge in [-0.25, -0.2) is 4.39 Å². The van der Waals surface area contributed by atoms with Crippen molar-refractivity contribution in [2.24, 2.45) is 0 Å². The van der Waals surface area contributed by atoms with Gasteiger partial charge in [0.1, 0.15) is 12.4 Å². The molecule has 1 amide bonds. The van der Waals surface area contributed by atoms with Gasteiger partial charge in [0.2, 0.25) is 5.91 Å². The van der Waals surface area contributed by atoms with Gasteiger partial charge in [-0.1, -0.05) is 12.1 Å². The van der Waals surface area contributed by atoms with Crippen molar-refractivity contribution in [3.05, 3.63) is 41.2 Å². The van der Waals surface area contributed by atoms with Gasteiger partial charge in [0.15, 0.2) is 0 Å². The van der Waals surface area contributed by atoms with Crippen LogP contribution < -0.4 is 0 Å². The number of benzene rings is 1. The van der Waals surface area contributed by atoms with Gasteiger partial charge in [0.05, 0.1) is 0 Å². The van der Waals surface area contributed by atoms with Gasteiger partial charge in [0, 0.05) is 24.8 Å². The third-order valence-electron chi connectivity index (χ3n) is 3.79. The summed E-state index contributed by atoms with van der Waals surface area (Å²) in [6.07, 6.45) is 2.89. The van der Waals surface area contributed by atoms with Crippen LogP contribution in [0.1, 0.15) is 25.3 Å². The van der Waals surface area contributed by atoms with Gasteiger partial charge in [-0.05, 0) is 43.5 Å². The molecule has 0 unspecified atom stereocenters. The maximum absolute atomic E-state index is 12.9. The minimum Gasteiger partial charge on any atom is -0.480 e. The molecular weight excluding hydrogens is 301 g/mol. The number of hydrogen-bond donors (Lipinski definition) is 1. The first-order valence-electron chi connectivity index (χ1n) is 7.51. The summed E-state index contributed by atoms with van der Waals surface area (Å²) in [5, 5.41) is 9.08. The molecule has 0 saturated carbocycles. The molecule has 0 atom stereocenters. The lowest BCUT2D eigenvalue weighted by Gasteiger charge is -2.33. The van der Waals surface area contributed by atoms with Crippen LogP contribution in [-0.4, -0.2) is 47.7 Å². The van der Waals surface area contributed by atoms with E-state index in [0.29, 0.717) is 37.2 Å². The number of carbonyl (C=O) groups is 2. The Bertz CT molecular complexity index is 591. The summed E-state index contributed by atoms with van der Waals surface area (Å²) in [6, 6.07) is 5.64. The first-order chi connectivity index (χ1) is 11.0. The number of carboxylic acids is 1. The normalized spacial score (nSPS) is 16.2. The van der Waals surface area contributed by atoms with Gasteiger partial charge in [-0.3, -0.25) is 9.59 Å². The van der Waals surface area contributed by atoms with E-state index in [2.05, 4.69) is 0 Å². The quantitative estimate of drug-likeness (QED) is 0.845. The van der Waals surface area contributed by atoms with Gasteiger partial charge in [-0.15, -0.1) is 0 Å². The van der Waals surface area contributed by atoms with Gasteiger partial charge in [-0.2, -0.15) is 0 Å². The van der Waals surface area contributed by atoms with Crippen molar-refractivity contribution < 1.29 is 23.8 Å². The summed E-state index contributed by atoms with van der Waals surface area (Å²) < 4.78 is 18.2. The van der Waals surface area contributed by atoms with Crippen molar-refractivity contribution >= 4 is 18.0 Å². The number of halogens is 1. The zero-order chi connectivity index (χ0) is 16.8. The molecule has 1 N–H and O–H groups in total. The summed E-state index contributed by atoms with van der Waals surface area (Å²) in [7, 11) is 0. The van der Waals surface area contributed by atoms with Crippen LogP contribution in [0.5, 0.6) is 0 Å². The van der Waals surface area contributed by atoms with Crippen molar-refractivity contribution in [3.8, 4) is 0 Å². The molecule has 1 aliphatic rings. The maximum atomic E-state index is 12.9. The molecule has 0 aliphatic carbocycles. The lowest BCUT2D eigenvalue weighted by molar-refractivity contribution is -0.145. The van der Waals surface area contributed by atoms with E-state index in [1.165, 1.54) is 17.0 Å². The topological polar surface area (TPSA) is 66.8 Å². The molecule has 0 spiro atoms. The van der Waals surface area contributed by atoms with Gasteiger partial charge in [0.25, 0.3) is 0 Å². The Morgan fingerprint density at radius 2 is 1.91 bits per heavy atom. The average molecular weight is 321 g/mol. The van der Waals surface area contributed by atoms with E-state index < -0.39 is 5.97 Å². The lowest BCUT2D eigenvalue weighted by Crippen LogP contribution is -2.46. The van der Waals surface area contributed by atoms with Gasteiger partial charge < -0.3 is 14.7 Å². The number of carbonyl (C=O) groups excluding carboxylic acids is 1. The highest BCUT2D eigenvalue weighted by atomic mass is 19.1. The third kappa shape index (κ3) is 4.89. The summed E-state index contributed by atoms with van der Waals surface area (Å²) in [4.78, 5) is 25.1. The van der Waals surface area contributed by atoms with Crippen molar-refractivity contribution in [3.63, 3.8) is 0 Å². The van der Waals surface area contributed by atoms with E-state index in [1.54, 1.807) is 25.1 Å². The van der Waals surface area contributed by atoms with E-state index in [-0.39, 0.29) is 24.3 Å². The van der Waals surface area contributed by atoms with Crippen LogP contribution >= 0.6 is 0 Å². The zero-order valence-corrected chi connectivity index (χ0v) is 13.0. The van der Waals surface area contributed by atoms with E-state index in [0.717, 1.165) is 0 Å². The lowest BCUT2D eigenvalue weighted by atomic mass is 10.0. The van der Waals surface area contributed by atoms with E-state index in [4.69, 9.17) is 9.84 Å². The average Bonchev–Trinajstić information content (AvgIpc) is 2.54. The molecule has 0 radical (unpaired) electrons. The fourth-order valence-electron chi connectivity index (χ4n) is 2.61. The summed E-state index contributed by atoms with van der Waals surface area (Å²) in [5.74, 6) is -1.70. The molecule has 124 valence electrons. The zero-order valence-electron chi connectivity index (χ0n) is 13.0. The number of rotatable bonds is 5. The highest BCUT2D eigenvalue weighted by molar-refractivity contribution is 5.98. The predicted octanol–water partition coefficient (Wildman–Crippen LogP) is 2.32. The molecule has 0 bridgehead atoms. The molecule has 1 saturated heterocycles. The number of aliphatic carboxylic acids is 1. The van der Waals surface area contributed by atoms with E-state index in [9.17, 15) is 14.0 Å². The first kappa shape index (κ1) is 17.1. The molecule has 1 fully saturated rings. The van der Waals surface area contributed by atoms with Crippen LogP contribution in [-0.2, 0) is 14.3 Å². The van der Waals surface area contributed by atoms with Crippen LogP contribution in [0.3, 0.4) is 0 Å². The number of hydrogen-bond acceptors (Lipinski definition) is 3. The second kappa shape index (κ2) is 7.87. The molecule has 1 heterocycles. The van der Waals surface area contributed by atoms with Crippen molar-refractivity contribution in [1.29, 1.82) is 0 Å². The molecule has 5 nitrogen and oxygen atoms in total. The summed E-state index contributed by atoms with van der Waals surface area (Å²) in [6.45, 7) is 2.35. The summed E-state index contributed by atoms with van der Waals surface area (Å²) >= 11 is 0. The Morgan fingerprint density at radius 1 is 1.30 bits per heavy atom. The molecule has 1 aromatic rings. The monoisotopic (exact) mass is 321 g/mol. The number of amides is 1. The van der Waals surface area contributed by atoms with Crippen LogP contribution in [0.2, 0.25) is 0 Å². The Balaban J connectivity index is 2.17. The number of carboxylic acid groups (broad SMARTS) is 1. The molecule has 2 rings (SSSR count). The summed E-state index contributed by atoms with van der Waals surface area (Å²) in [5.41, 5.74) is 1.11. The highest BCUT2D eigenvalue weighted by Crippen LogP contribution is 2.18. The van der Waals surface area contributed by atoms with Crippen LogP contribution in [0, 0.1) is 5.82 Å². The Labute approximate surface area is 134 Å². The smallest absolute Gasteiger partial charge is 0.323 e. The number of ether oxygens (including phenoxy) is 1. The van der Waals surface area contributed by atoms with Crippen LogP contribution in [0.4, 0.5) is 4.39 Å². The van der Waals surface area contributed by atoms with Gasteiger partial charge >= 0.3 is 5.97 Å². The molecule has 6 heteroatoms. The van der Waals surface area contributed by atoms with Crippen molar-refractivity contribution in [1.82, 2.24) is 4.90 Å². The standard InChI is InChI=1S/C17H20FNO4/c1-12(10-13-2-4-14(18)5-3-13)17(22)19(11-16(20)21)15-6-8-23-9-7-15/h2-5,10,15H,6-9,11H2,1H3,(H,20,21)/b12-10+. The fourth-order valence-corrected chi connectivity index (χ4v) is 2.61. The largest absolute Gasteiger partial charge is 0.480 e. The van der Waals surface area contributed by atoms with Crippen molar-refractivity contribution in [2.45, 2.75) is 25.8 Å². The fraction of sp³-hybridized carbons (Fsp3) is 0.412. The highest BCUT2D eigenvalue weighted by Gasteiger charge is 2.28. The Hall–Kier alpha value is -2.21. The molecular formula is C17H20FNO4. The van der Waals surface area contributed by atoms with Crippen LogP contribution in [0.25, 0.3) is 6.08 Å². The number of nitrogens with zero attached hydrogens (tertiary/aromatic N) is 1. The predicted molar refractivity (Wildman–Crippen MR) is 83.2 cm³/mol. The first-order valence-corrected chi connectivity index (χ1v) is 7.51. The molecule has 0 aromatic heterocycles. The maximum Gasteiger partial charge on any atom is 0.323 e. The van der Waals surface area contributed by atoms with Crippen LogP contribution in [0.15, 0.2) is 29.8 Å². The Kier molecular flexibility index (Phi) is 5.87. The Morgan fingerprint density at radius 3 is 2.48 bits per heavy atom. The minimum atomic E-state index is -1.04. The van der Waals surface area contributed by atoms with E-state index >= 15 is 0 Å². The second-order valence-corrected chi connectivity index (χ2v) is 5.55. The van der Waals surface area contributed by atoms with Crippen molar-refractivity contribution in [2.75, 3.05) is 19.8 Å². The molecule has 23 heavy (non-hydrogen) atoms.